The Labute approximate surface area is 149 Å². The molecule has 0 spiro atoms. The standard InChI is InChI=1S/C16H19N7OS/c1-11-9-17-4-3-12(11)10-22(2)15-16(23-5-7-25-8-6-23)19-14-13(18-15)20-24-21-14/h3-4,9H,5-8,10H2,1-2H3. The second-order valence-corrected chi connectivity index (χ2v) is 7.26. The molecule has 0 atom stereocenters. The summed E-state index contributed by atoms with van der Waals surface area (Å²) in [5, 5.41) is 7.71. The lowest BCUT2D eigenvalue weighted by Gasteiger charge is -2.30. The van der Waals surface area contributed by atoms with E-state index in [0.29, 0.717) is 11.3 Å². The topological polar surface area (TPSA) is 84.1 Å². The average molecular weight is 357 g/mol. The minimum Gasteiger partial charge on any atom is -0.352 e. The largest absolute Gasteiger partial charge is 0.352 e. The van der Waals surface area contributed by atoms with Crippen molar-refractivity contribution in [1.29, 1.82) is 0 Å². The summed E-state index contributed by atoms with van der Waals surface area (Å²) in [4.78, 5) is 17.9. The van der Waals surface area contributed by atoms with Crippen LogP contribution in [0.1, 0.15) is 11.1 Å². The van der Waals surface area contributed by atoms with Crippen molar-refractivity contribution in [1.82, 2.24) is 25.3 Å². The van der Waals surface area contributed by atoms with Crippen molar-refractivity contribution in [3.63, 3.8) is 0 Å². The fourth-order valence-electron chi connectivity index (χ4n) is 2.87. The summed E-state index contributed by atoms with van der Waals surface area (Å²) >= 11 is 1.96. The highest BCUT2D eigenvalue weighted by atomic mass is 32.2. The van der Waals surface area contributed by atoms with Crippen LogP contribution in [-0.2, 0) is 6.54 Å². The van der Waals surface area contributed by atoms with Crippen molar-refractivity contribution in [2.45, 2.75) is 13.5 Å². The first kappa shape index (κ1) is 16.1. The number of nitrogens with zero attached hydrogens (tertiary/aromatic N) is 7. The van der Waals surface area contributed by atoms with Gasteiger partial charge in [-0.1, -0.05) is 0 Å². The molecule has 3 aromatic rings. The molecule has 1 fully saturated rings. The second-order valence-electron chi connectivity index (χ2n) is 6.04. The zero-order valence-corrected chi connectivity index (χ0v) is 15.0. The molecular weight excluding hydrogens is 338 g/mol. The SMILES string of the molecule is Cc1cnccc1CN(C)c1nc2nonc2nc1N1CCSCC1. The van der Waals surface area contributed by atoms with Crippen LogP contribution in [0, 0.1) is 6.92 Å². The lowest BCUT2D eigenvalue weighted by molar-refractivity contribution is 0.314. The monoisotopic (exact) mass is 357 g/mol. The van der Waals surface area contributed by atoms with Crippen LogP contribution in [0.5, 0.6) is 0 Å². The summed E-state index contributed by atoms with van der Waals surface area (Å²) in [5.41, 5.74) is 3.24. The quantitative estimate of drug-likeness (QED) is 0.695. The Hall–Kier alpha value is -2.42. The Morgan fingerprint density at radius 3 is 2.72 bits per heavy atom. The van der Waals surface area contributed by atoms with Gasteiger partial charge < -0.3 is 9.80 Å². The molecule has 3 aromatic heterocycles. The third-order valence-electron chi connectivity index (χ3n) is 4.29. The third kappa shape index (κ3) is 3.23. The Kier molecular flexibility index (Phi) is 4.39. The second kappa shape index (κ2) is 6.83. The maximum absolute atomic E-state index is 4.80. The zero-order chi connectivity index (χ0) is 17.2. The van der Waals surface area contributed by atoms with Gasteiger partial charge in [-0.2, -0.15) is 11.8 Å². The first-order valence-corrected chi connectivity index (χ1v) is 9.31. The molecule has 0 saturated carbocycles. The van der Waals surface area contributed by atoms with Crippen molar-refractivity contribution in [3.8, 4) is 0 Å². The maximum atomic E-state index is 4.80. The summed E-state index contributed by atoms with van der Waals surface area (Å²) in [6.45, 7) is 4.68. The van der Waals surface area contributed by atoms with Crippen LogP contribution in [-0.4, -0.2) is 56.9 Å². The molecule has 0 bridgehead atoms. The number of anilines is 2. The number of aryl methyl sites for hydroxylation is 1. The summed E-state index contributed by atoms with van der Waals surface area (Å²) in [6, 6.07) is 2.03. The van der Waals surface area contributed by atoms with E-state index in [4.69, 9.17) is 4.63 Å². The first-order chi connectivity index (χ1) is 12.2. The van der Waals surface area contributed by atoms with Crippen molar-refractivity contribution >= 4 is 34.7 Å². The molecule has 0 unspecified atom stereocenters. The molecule has 0 amide bonds. The first-order valence-electron chi connectivity index (χ1n) is 8.16. The average Bonchev–Trinajstić information content (AvgIpc) is 3.11. The minimum atomic E-state index is 0.434. The fourth-order valence-corrected chi connectivity index (χ4v) is 3.78. The van der Waals surface area contributed by atoms with Gasteiger partial charge in [-0.3, -0.25) is 4.98 Å². The van der Waals surface area contributed by atoms with E-state index >= 15 is 0 Å². The van der Waals surface area contributed by atoms with Crippen LogP contribution < -0.4 is 9.80 Å². The Morgan fingerprint density at radius 1 is 1.20 bits per heavy atom. The van der Waals surface area contributed by atoms with Gasteiger partial charge in [0.1, 0.15) is 0 Å². The molecule has 0 N–H and O–H groups in total. The molecule has 1 aliphatic rings. The van der Waals surface area contributed by atoms with Gasteiger partial charge in [0.15, 0.2) is 11.6 Å². The number of pyridine rings is 1. The predicted octanol–water partition coefficient (Wildman–Crippen LogP) is 1.91. The molecule has 1 saturated heterocycles. The van der Waals surface area contributed by atoms with Gasteiger partial charge in [-0.15, -0.1) is 0 Å². The van der Waals surface area contributed by atoms with E-state index < -0.39 is 0 Å². The van der Waals surface area contributed by atoms with E-state index in [2.05, 4.69) is 42.0 Å². The van der Waals surface area contributed by atoms with Gasteiger partial charge >= 0.3 is 0 Å². The Balaban J connectivity index is 1.72. The van der Waals surface area contributed by atoms with Gasteiger partial charge in [0.25, 0.3) is 0 Å². The zero-order valence-electron chi connectivity index (χ0n) is 14.2. The highest BCUT2D eigenvalue weighted by molar-refractivity contribution is 7.99. The highest BCUT2D eigenvalue weighted by Gasteiger charge is 2.22. The molecule has 8 nitrogen and oxygen atoms in total. The van der Waals surface area contributed by atoms with Gasteiger partial charge in [-0.05, 0) is 34.4 Å². The van der Waals surface area contributed by atoms with E-state index in [-0.39, 0.29) is 0 Å². The van der Waals surface area contributed by atoms with E-state index in [1.807, 2.05) is 37.3 Å². The van der Waals surface area contributed by atoms with Crippen LogP contribution >= 0.6 is 11.8 Å². The number of rotatable bonds is 4. The van der Waals surface area contributed by atoms with E-state index in [9.17, 15) is 0 Å². The van der Waals surface area contributed by atoms with E-state index in [1.165, 1.54) is 5.56 Å². The van der Waals surface area contributed by atoms with Crippen LogP contribution in [0.15, 0.2) is 23.1 Å². The highest BCUT2D eigenvalue weighted by Crippen LogP contribution is 2.29. The fraction of sp³-hybridized carbons (Fsp3) is 0.438. The van der Waals surface area contributed by atoms with Crippen molar-refractivity contribution in [3.05, 3.63) is 29.6 Å². The summed E-state index contributed by atoms with van der Waals surface area (Å²) < 4.78 is 4.80. The molecule has 9 heteroatoms. The number of fused-ring (bicyclic) bond motifs is 1. The van der Waals surface area contributed by atoms with Crippen LogP contribution in [0.2, 0.25) is 0 Å². The Bertz CT molecular complexity index is 878. The molecule has 4 heterocycles. The molecule has 25 heavy (non-hydrogen) atoms. The summed E-state index contributed by atoms with van der Waals surface area (Å²) in [5.74, 6) is 3.82. The summed E-state index contributed by atoms with van der Waals surface area (Å²) in [7, 11) is 2.02. The molecule has 1 aliphatic heterocycles. The van der Waals surface area contributed by atoms with Crippen molar-refractivity contribution in [2.75, 3.05) is 41.4 Å². The number of aromatic nitrogens is 5. The predicted molar refractivity (Wildman–Crippen MR) is 98.0 cm³/mol. The number of hydrogen-bond acceptors (Lipinski definition) is 9. The Morgan fingerprint density at radius 2 is 1.96 bits per heavy atom. The van der Waals surface area contributed by atoms with Gasteiger partial charge in [0.2, 0.25) is 11.3 Å². The molecular formula is C16H19N7OS. The third-order valence-corrected chi connectivity index (χ3v) is 5.24. The lowest BCUT2D eigenvalue weighted by Crippen LogP contribution is -2.35. The molecule has 4 rings (SSSR count). The van der Waals surface area contributed by atoms with Crippen molar-refractivity contribution < 1.29 is 4.63 Å². The van der Waals surface area contributed by atoms with Crippen molar-refractivity contribution in [2.24, 2.45) is 0 Å². The number of thioether (sulfide) groups is 1. The molecule has 0 aromatic carbocycles. The van der Waals surface area contributed by atoms with Crippen LogP contribution in [0.25, 0.3) is 11.3 Å². The smallest absolute Gasteiger partial charge is 0.245 e. The van der Waals surface area contributed by atoms with Gasteiger partial charge in [0, 0.05) is 50.6 Å². The van der Waals surface area contributed by atoms with Gasteiger partial charge in [0.05, 0.1) is 0 Å². The van der Waals surface area contributed by atoms with Crippen LogP contribution in [0.4, 0.5) is 11.6 Å². The summed E-state index contributed by atoms with van der Waals surface area (Å²) in [6.07, 6.45) is 3.69. The maximum Gasteiger partial charge on any atom is 0.245 e. The minimum absolute atomic E-state index is 0.434. The van der Waals surface area contributed by atoms with Crippen LogP contribution in [0.3, 0.4) is 0 Å². The molecule has 130 valence electrons. The lowest BCUT2D eigenvalue weighted by atomic mass is 10.1. The number of hydrogen-bond donors (Lipinski definition) is 0. The van der Waals surface area contributed by atoms with E-state index in [0.717, 1.165) is 48.3 Å². The molecule has 0 radical (unpaired) electrons. The molecule has 0 aliphatic carbocycles. The van der Waals surface area contributed by atoms with Gasteiger partial charge in [-0.25, -0.2) is 14.6 Å². The normalized spacial score (nSPS) is 14.9. The van der Waals surface area contributed by atoms with E-state index in [1.54, 1.807) is 0 Å².